The zero-order valence-corrected chi connectivity index (χ0v) is 16.6. The van der Waals surface area contributed by atoms with E-state index in [9.17, 15) is 14.4 Å². The Morgan fingerprint density at radius 1 is 1.00 bits per heavy atom. The van der Waals surface area contributed by atoms with Crippen LogP contribution in [0.2, 0.25) is 0 Å². The second-order valence-corrected chi connectivity index (χ2v) is 7.74. The van der Waals surface area contributed by atoms with Crippen LogP contribution in [0.4, 0.5) is 0 Å². The number of imide groups is 1. The van der Waals surface area contributed by atoms with Crippen LogP contribution in [0.25, 0.3) is 0 Å². The van der Waals surface area contributed by atoms with Crippen LogP contribution in [0.5, 0.6) is 0 Å². The van der Waals surface area contributed by atoms with Gasteiger partial charge >= 0.3 is 0 Å². The van der Waals surface area contributed by atoms with Crippen molar-refractivity contribution in [3.05, 3.63) is 70.8 Å². The van der Waals surface area contributed by atoms with Crippen LogP contribution < -0.4 is 5.32 Å². The number of likely N-dealkylation sites (tertiary alicyclic amines) is 1. The number of hydrogen-bond acceptors (Lipinski definition) is 4. The van der Waals surface area contributed by atoms with Crippen molar-refractivity contribution in [3.8, 4) is 0 Å². The SMILES string of the molecule is CNCC1CCN(C(=O)c2ccc3c(c2)C(=O)N(Cc2ccccc2)C3=O)CC1. The highest BCUT2D eigenvalue weighted by atomic mass is 16.2. The van der Waals surface area contributed by atoms with Gasteiger partial charge in [-0.3, -0.25) is 19.3 Å². The van der Waals surface area contributed by atoms with Gasteiger partial charge in [-0.05, 0) is 56.1 Å². The van der Waals surface area contributed by atoms with Gasteiger partial charge < -0.3 is 10.2 Å². The molecule has 3 amide bonds. The third-order valence-corrected chi connectivity index (χ3v) is 5.80. The zero-order valence-electron chi connectivity index (χ0n) is 16.6. The molecule has 2 aliphatic heterocycles. The Balaban J connectivity index is 1.49. The smallest absolute Gasteiger partial charge is 0.261 e. The third kappa shape index (κ3) is 3.80. The molecule has 2 heterocycles. The molecule has 0 atom stereocenters. The number of fused-ring (bicyclic) bond motifs is 1. The second kappa shape index (κ2) is 8.17. The Bertz CT molecular complexity index is 934. The predicted octanol–water partition coefficient (Wildman–Crippen LogP) is 2.55. The molecule has 0 radical (unpaired) electrons. The monoisotopic (exact) mass is 391 g/mol. The van der Waals surface area contributed by atoms with Crippen LogP contribution in [0.3, 0.4) is 0 Å². The van der Waals surface area contributed by atoms with Crippen molar-refractivity contribution in [3.63, 3.8) is 0 Å². The van der Waals surface area contributed by atoms with Crippen LogP contribution in [-0.4, -0.2) is 54.2 Å². The summed E-state index contributed by atoms with van der Waals surface area (Å²) in [4.78, 5) is 41.6. The van der Waals surface area contributed by atoms with Crippen LogP contribution in [0.15, 0.2) is 48.5 Å². The molecule has 0 saturated carbocycles. The lowest BCUT2D eigenvalue weighted by Crippen LogP contribution is -2.40. The van der Waals surface area contributed by atoms with E-state index >= 15 is 0 Å². The van der Waals surface area contributed by atoms with E-state index < -0.39 is 0 Å². The van der Waals surface area contributed by atoms with Crippen LogP contribution >= 0.6 is 0 Å². The van der Waals surface area contributed by atoms with Gasteiger partial charge in [-0.1, -0.05) is 30.3 Å². The van der Waals surface area contributed by atoms with Gasteiger partial charge in [0.05, 0.1) is 17.7 Å². The van der Waals surface area contributed by atoms with E-state index in [1.807, 2.05) is 42.3 Å². The van der Waals surface area contributed by atoms with Crippen molar-refractivity contribution in [2.75, 3.05) is 26.7 Å². The molecule has 2 aromatic rings. The molecule has 2 aliphatic rings. The average molecular weight is 391 g/mol. The van der Waals surface area contributed by atoms with E-state index in [-0.39, 0.29) is 24.3 Å². The number of hydrogen-bond donors (Lipinski definition) is 1. The van der Waals surface area contributed by atoms with Gasteiger partial charge in [-0.15, -0.1) is 0 Å². The highest BCUT2D eigenvalue weighted by molar-refractivity contribution is 6.22. The fraction of sp³-hybridized carbons (Fsp3) is 0.348. The molecule has 6 nitrogen and oxygen atoms in total. The minimum atomic E-state index is -0.337. The summed E-state index contributed by atoms with van der Waals surface area (Å²) in [6.45, 7) is 2.63. The minimum Gasteiger partial charge on any atom is -0.339 e. The van der Waals surface area contributed by atoms with Crippen LogP contribution in [0.1, 0.15) is 49.5 Å². The summed E-state index contributed by atoms with van der Waals surface area (Å²) in [5.74, 6) is -0.121. The largest absolute Gasteiger partial charge is 0.339 e. The van der Waals surface area contributed by atoms with Gasteiger partial charge in [0.2, 0.25) is 0 Å². The van der Waals surface area contributed by atoms with Gasteiger partial charge in [0.1, 0.15) is 0 Å². The average Bonchev–Trinajstić information content (AvgIpc) is 2.99. The summed E-state index contributed by atoms with van der Waals surface area (Å²) >= 11 is 0. The summed E-state index contributed by atoms with van der Waals surface area (Å²) in [5.41, 5.74) is 2.05. The molecule has 0 bridgehead atoms. The fourth-order valence-corrected chi connectivity index (χ4v) is 4.14. The van der Waals surface area contributed by atoms with Crippen molar-refractivity contribution >= 4 is 17.7 Å². The van der Waals surface area contributed by atoms with Gasteiger partial charge in [-0.25, -0.2) is 0 Å². The Morgan fingerprint density at radius 2 is 1.69 bits per heavy atom. The maximum Gasteiger partial charge on any atom is 0.261 e. The van der Waals surface area contributed by atoms with Gasteiger partial charge in [0.25, 0.3) is 17.7 Å². The first-order valence-electron chi connectivity index (χ1n) is 10.1. The molecule has 1 N–H and O–H groups in total. The molecular weight excluding hydrogens is 366 g/mol. The molecule has 1 fully saturated rings. The summed E-state index contributed by atoms with van der Waals surface area (Å²) < 4.78 is 0. The number of nitrogens with zero attached hydrogens (tertiary/aromatic N) is 2. The van der Waals surface area contributed by atoms with Crippen molar-refractivity contribution in [2.24, 2.45) is 5.92 Å². The number of rotatable bonds is 5. The maximum atomic E-state index is 12.9. The Morgan fingerprint density at radius 3 is 2.38 bits per heavy atom. The molecule has 0 unspecified atom stereocenters. The van der Waals surface area contributed by atoms with Crippen molar-refractivity contribution in [1.82, 2.24) is 15.1 Å². The van der Waals surface area contributed by atoms with Crippen LogP contribution in [0, 0.1) is 5.92 Å². The Kier molecular flexibility index (Phi) is 5.45. The highest BCUT2D eigenvalue weighted by Gasteiger charge is 2.36. The Labute approximate surface area is 170 Å². The molecular formula is C23H25N3O3. The van der Waals surface area contributed by atoms with E-state index in [1.165, 1.54) is 4.90 Å². The quantitative estimate of drug-likeness (QED) is 0.796. The summed E-state index contributed by atoms with van der Waals surface area (Å²) in [6.07, 6.45) is 1.94. The molecule has 0 aromatic heterocycles. The van der Waals surface area contributed by atoms with Gasteiger partial charge in [0, 0.05) is 18.7 Å². The van der Waals surface area contributed by atoms with E-state index in [0.29, 0.717) is 22.6 Å². The molecule has 150 valence electrons. The highest BCUT2D eigenvalue weighted by Crippen LogP contribution is 2.27. The van der Waals surface area contributed by atoms with Crippen molar-refractivity contribution in [1.29, 1.82) is 0 Å². The van der Waals surface area contributed by atoms with E-state index in [2.05, 4.69) is 5.32 Å². The maximum absolute atomic E-state index is 12.9. The normalized spacial score (nSPS) is 17.0. The number of nitrogens with one attached hydrogen (secondary N) is 1. The summed E-state index contributed by atoms with van der Waals surface area (Å²) in [6, 6.07) is 14.3. The first-order valence-corrected chi connectivity index (χ1v) is 10.1. The van der Waals surface area contributed by atoms with Crippen molar-refractivity contribution < 1.29 is 14.4 Å². The summed E-state index contributed by atoms with van der Waals surface area (Å²) in [7, 11) is 1.95. The lowest BCUT2D eigenvalue weighted by molar-refractivity contribution is 0.0641. The molecule has 0 aliphatic carbocycles. The lowest BCUT2D eigenvalue weighted by Gasteiger charge is -2.32. The Hall–Kier alpha value is -2.99. The first-order chi connectivity index (χ1) is 14.1. The molecule has 2 aromatic carbocycles. The molecule has 0 spiro atoms. The fourth-order valence-electron chi connectivity index (χ4n) is 4.14. The molecule has 4 rings (SSSR count). The van der Waals surface area contributed by atoms with E-state index in [4.69, 9.17) is 0 Å². The van der Waals surface area contributed by atoms with Gasteiger partial charge in [-0.2, -0.15) is 0 Å². The molecule has 1 saturated heterocycles. The van der Waals surface area contributed by atoms with Gasteiger partial charge in [0.15, 0.2) is 0 Å². The van der Waals surface area contributed by atoms with Crippen LogP contribution in [-0.2, 0) is 6.54 Å². The van der Waals surface area contributed by atoms with E-state index in [0.717, 1.165) is 38.0 Å². The number of carbonyl (C=O) groups is 3. The second-order valence-electron chi connectivity index (χ2n) is 7.74. The topological polar surface area (TPSA) is 69.7 Å². The summed E-state index contributed by atoms with van der Waals surface area (Å²) in [5, 5.41) is 3.19. The standard InChI is InChI=1S/C23H25N3O3/c1-24-14-16-9-11-25(12-10-16)21(27)18-7-8-19-20(13-18)23(29)26(22(19)28)15-17-5-3-2-4-6-17/h2-8,13,16,24H,9-12,14-15H2,1H3. The molecule has 29 heavy (non-hydrogen) atoms. The zero-order chi connectivity index (χ0) is 20.4. The number of carbonyl (C=O) groups excluding carboxylic acids is 3. The number of amides is 3. The number of piperidine rings is 1. The number of benzene rings is 2. The lowest BCUT2D eigenvalue weighted by atomic mass is 9.96. The third-order valence-electron chi connectivity index (χ3n) is 5.80. The first kappa shape index (κ1) is 19.3. The minimum absolute atomic E-state index is 0.0718. The van der Waals surface area contributed by atoms with Crippen molar-refractivity contribution in [2.45, 2.75) is 19.4 Å². The molecule has 6 heteroatoms. The van der Waals surface area contributed by atoms with E-state index in [1.54, 1.807) is 18.2 Å². The predicted molar refractivity (Wildman–Crippen MR) is 110 cm³/mol.